The molecule has 2 aromatic rings. The lowest BCUT2D eigenvalue weighted by molar-refractivity contribution is -0.907. The number of methoxy groups -OCH3 is 2. The van der Waals surface area contributed by atoms with Crippen molar-refractivity contribution in [2.45, 2.75) is 6.04 Å². The second kappa shape index (κ2) is 10.5. The number of likely N-dealkylation sites (tertiary alicyclic amines) is 1. The zero-order valence-corrected chi connectivity index (χ0v) is 19.9. The Morgan fingerprint density at radius 2 is 1.82 bits per heavy atom. The van der Waals surface area contributed by atoms with Crippen LogP contribution in [0.2, 0.25) is 5.02 Å². The standard InChI is InChI=1S/C25H27ClN2O6/c1-32-18-6-3-16(4-7-18)22-21(23(29)17-5-8-20(33-2)19(26)15-17)24(30)25(31)28(22)10-9-27-11-13-34-14-12-27/h3-8,15,22,29H,9-14H2,1-2H3/b23-21+. The number of halogens is 1. The van der Waals surface area contributed by atoms with Gasteiger partial charge in [0.15, 0.2) is 0 Å². The lowest BCUT2D eigenvalue weighted by atomic mass is 9.95. The predicted octanol–water partition coefficient (Wildman–Crippen LogP) is 0.496. The van der Waals surface area contributed by atoms with Crippen LogP contribution in [0.5, 0.6) is 11.5 Å². The summed E-state index contributed by atoms with van der Waals surface area (Å²) in [6.07, 6.45) is 0. The van der Waals surface area contributed by atoms with E-state index in [2.05, 4.69) is 0 Å². The van der Waals surface area contributed by atoms with E-state index in [0.29, 0.717) is 43.4 Å². The van der Waals surface area contributed by atoms with E-state index < -0.39 is 23.5 Å². The summed E-state index contributed by atoms with van der Waals surface area (Å²) in [6.45, 7) is 4.00. The third-order valence-corrected chi connectivity index (χ3v) is 6.58. The molecule has 9 heteroatoms. The zero-order chi connectivity index (χ0) is 24.2. The van der Waals surface area contributed by atoms with E-state index in [1.54, 1.807) is 43.5 Å². The fourth-order valence-corrected chi connectivity index (χ4v) is 4.64. The molecule has 2 saturated heterocycles. The van der Waals surface area contributed by atoms with Crippen molar-refractivity contribution in [1.82, 2.24) is 4.90 Å². The molecule has 0 radical (unpaired) electrons. The molecule has 1 N–H and O–H groups in total. The number of benzene rings is 2. The van der Waals surface area contributed by atoms with Crippen LogP contribution in [0.1, 0.15) is 17.2 Å². The van der Waals surface area contributed by atoms with Gasteiger partial charge >= 0.3 is 0 Å². The third kappa shape index (κ3) is 4.75. The number of rotatable bonds is 7. The molecule has 2 aliphatic rings. The van der Waals surface area contributed by atoms with Crippen LogP contribution >= 0.6 is 11.6 Å². The fourth-order valence-electron chi connectivity index (χ4n) is 4.39. The summed E-state index contributed by atoms with van der Waals surface area (Å²) in [5.74, 6) is -0.923. The highest BCUT2D eigenvalue weighted by atomic mass is 35.5. The smallest absolute Gasteiger partial charge is 0.295 e. The Balaban J connectivity index is 1.74. The Kier molecular flexibility index (Phi) is 7.41. The second-order valence-corrected chi connectivity index (χ2v) is 8.62. The van der Waals surface area contributed by atoms with Gasteiger partial charge in [-0.2, -0.15) is 0 Å². The number of quaternary nitrogens is 1. The monoisotopic (exact) mass is 486 g/mol. The topological polar surface area (TPSA) is 92.6 Å². The number of morpholine rings is 1. The molecule has 180 valence electrons. The zero-order valence-electron chi connectivity index (χ0n) is 19.1. The van der Waals surface area contributed by atoms with Gasteiger partial charge < -0.3 is 29.1 Å². The summed E-state index contributed by atoms with van der Waals surface area (Å²) in [7, 11) is 3.04. The average Bonchev–Trinajstić information content (AvgIpc) is 3.12. The summed E-state index contributed by atoms with van der Waals surface area (Å²) >= 11 is 6.22. The van der Waals surface area contributed by atoms with Gasteiger partial charge in [-0.1, -0.05) is 35.6 Å². The highest BCUT2D eigenvalue weighted by Crippen LogP contribution is 2.39. The molecule has 1 amide bonds. The van der Waals surface area contributed by atoms with E-state index >= 15 is 0 Å². The maximum Gasteiger partial charge on any atom is 0.295 e. The van der Waals surface area contributed by atoms with Crippen LogP contribution in [-0.4, -0.2) is 70.2 Å². The number of nitrogens with one attached hydrogen (secondary N) is 1. The number of ether oxygens (including phenoxy) is 3. The maximum absolute atomic E-state index is 13.5. The number of carbonyl (C=O) groups is 2. The van der Waals surface area contributed by atoms with Crippen molar-refractivity contribution < 1.29 is 33.8 Å². The molecular weight excluding hydrogens is 460 g/mol. The van der Waals surface area contributed by atoms with Crippen LogP contribution in [0.3, 0.4) is 0 Å². The molecule has 2 aromatic carbocycles. The minimum atomic E-state index is -0.792. The van der Waals surface area contributed by atoms with Crippen molar-refractivity contribution in [2.75, 3.05) is 53.6 Å². The number of ketones is 1. The predicted molar refractivity (Wildman–Crippen MR) is 124 cm³/mol. The van der Waals surface area contributed by atoms with Gasteiger partial charge in [0, 0.05) is 5.57 Å². The third-order valence-electron chi connectivity index (χ3n) is 6.28. The molecule has 0 saturated carbocycles. The van der Waals surface area contributed by atoms with Crippen LogP contribution < -0.4 is 19.5 Å². The lowest BCUT2D eigenvalue weighted by Gasteiger charge is -2.30. The Labute approximate surface area is 203 Å². The normalized spacial score (nSPS) is 20.6. The van der Waals surface area contributed by atoms with Gasteiger partial charge in [0.25, 0.3) is 5.91 Å². The van der Waals surface area contributed by atoms with E-state index in [1.165, 1.54) is 23.0 Å². The van der Waals surface area contributed by atoms with Crippen molar-refractivity contribution >= 4 is 29.1 Å². The summed E-state index contributed by atoms with van der Waals surface area (Å²) in [4.78, 5) is 29.0. The molecule has 0 bridgehead atoms. The molecule has 1 unspecified atom stereocenters. The second-order valence-electron chi connectivity index (χ2n) is 8.21. The summed E-state index contributed by atoms with van der Waals surface area (Å²) in [5.41, 5.74) is 0.814. The SMILES string of the molecule is COc1ccc(C2/C(=C(\[O-])c3ccc(OC)c(Cl)c3)C(=O)C(=O)N2CC[NH+]2CCOCC2)cc1. The van der Waals surface area contributed by atoms with Crippen molar-refractivity contribution in [2.24, 2.45) is 0 Å². The number of carbonyl (C=O) groups excluding carboxylic acids is 2. The largest absolute Gasteiger partial charge is 0.872 e. The summed E-state index contributed by atoms with van der Waals surface area (Å²) < 4.78 is 15.8. The Hall–Kier alpha value is -3.07. The molecule has 34 heavy (non-hydrogen) atoms. The van der Waals surface area contributed by atoms with Gasteiger partial charge in [0.2, 0.25) is 5.78 Å². The van der Waals surface area contributed by atoms with Crippen molar-refractivity contribution in [3.8, 4) is 11.5 Å². The molecule has 0 aliphatic carbocycles. The fraction of sp³-hybridized carbons (Fsp3) is 0.360. The highest BCUT2D eigenvalue weighted by molar-refractivity contribution is 6.46. The van der Waals surface area contributed by atoms with Crippen LogP contribution in [0.15, 0.2) is 48.0 Å². The molecule has 2 heterocycles. The molecule has 4 rings (SSSR count). The first-order chi connectivity index (χ1) is 16.4. The molecule has 8 nitrogen and oxygen atoms in total. The first-order valence-electron chi connectivity index (χ1n) is 11.1. The minimum absolute atomic E-state index is 0.0756. The first kappa shape index (κ1) is 24.1. The molecule has 1 atom stereocenters. The molecule has 2 aliphatic heterocycles. The van der Waals surface area contributed by atoms with Crippen LogP contribution in [0.25, 0.3) is 5.76 Å². The molecule has 0 aromatic heterocycles. The van der Waals surface area contributed by atoms with Crippen LogP contribution in [-0.2, 0) is 14.3 Å². The number of amides is 1. The molecular formula is C25H27ClN2O6. The van der Waals surface area contributed by atoms with Crippen molar-refractivity contribution in [3.63, 3.8) is 0 Å². The van der Waals surface area contributed by atoms with Gasteiger partial charge in [-0.3, -0.25) is 9.59 Å². The number of nitrogens with zero attached hydrogens (tertiary/aromatic N) is 1. The number of Topliss-reactive ketones (excluding diaryl/α,β-unsaturated/α-hetero) is 1. The van der Waals surface area contributed by atoms with Crippen LogP contribution in [0, 0.1) is 0 Å². The van der Waals surface area contributed by atoms with Gasteiger partial charge in [0.05, 0.1) is 51.6 Å². The highest BCUT2D eigenvalue weighted by Gasteiger charge is 2.44. The van der Waals surface area contributed by atoms with Gasteiger partial charge in [-0.05, 0) is 35.4 Å². The van der Waals surface area contributed by atoms with E-state index in [4.69, 9.17) is 25.8 Å². The first-order valence-corrected chi connectivity index (χ1v) is 11.5. The summed E-state index contributed by atoms with van der Waals surface area (Å²) in [5, 5.41) is 13.8. The maximum atomic E-state index is 13.5. The Bertz CT molecular complexity index is 1100. The summed E-state index contributed by atoms with van der Waals surface area (Å²) in [6, 6.07) is 10.8. The minimum Gasteiger partial charge on any atom is -0.872 e. The van der Waals surface area contributed by atoms with Crippen molar-refractivity contribution in [1.29, 1.82) is 0 Å². The van der Waals surface area contributed by atoms with Gasteiger partial charge in [-0.15, -0.1) is 0 Å². The van der Waals surface area contributed by atoms with E-state index in [1.807, 2.05) is 0 Å². The Morgan fingerprint density at radius 3 is 2.44 bits per heavy atom. The van der Waals surface area contributed by atoms with Crippen LogP contribution in [0.4, 0.5) is 0 Å². The lowest BCUT2D eigenvalue weighted by Crippen LogP contribution is -3.14. The number of hydrogen-bond donors (Lipinski definition) is 1. The Morgan fingerprint density at radius 1 is 1.12 bits per heavy atom. The number of hydrogen-bond acceptors (Lipinski definition) is 6. The quantitative estimate of drug-likeness (QED) is 0.348. The van der Waals surface area contributed by atoms with Gasteiger partial charge in [0.1, 0.15) is 24.6 Å². The average molecular weight is 487 g/mol. The van der Waals surface area contributed by atoms with E-state index in [0.717, 1.165) is 13.1 Å². The molecule has 2 fully saturated rings. The molecule has 0 spiro atoms. The van der Waals surface area contributed by atoms with E-state index in [-0.39, 0.29) is 16.2 Å². The van der Waals surface area contributed by atoms with E-state index in [9.17, 15) is 14.7 Å². The van der Waals surface area contributed by atoms with Gasteiger partial charge in [-0.25, -0.2) is 0 Å². The van der Waals surface area contributed by atoms with Crippen molar-refractivity contribution in [3.05, 3.63) is 64.2 Å².